The van der Waals surface area contributed by atoms with E-state index in [2.05, 4.69) is 0 Å². The maximum atomic E-state index is 13.5. The van der Waals surface area contributed by atoms with Crippen molar-refractivity contribution < 1.29 is 19.5 Å². The number of anilines is 1. The van der Waals surface area contributed by atoms with Gasteiger partial charge in [-0.15, -0.1) is 0 Å². The number of amides is 3. The maximum absolute atomic E-state index is 13.5. The van der Waals surface area contributed by atoms with E-state index in [1.54, 1.807) is 4.90 Å². The molecule has 0 saturated carbocycles. The number of likely N-dealkylation sites (N-methyl/N-ethyl adjacent to an activating group) is 1. The van der Waals surface area contributed by atoms with Crippen LogP contribution in [0.25, 0.3) is 0 Å². The van der Waals surface area contributed by atoms with Gasteiger partial charge < -0.3 is 20.6 Å². The van der Waals surface area contributed by atoms with Crippen LogP contribution >= 0.6 is 11.8 Å². The van der Waals surface area contributed by atoms with E-state index < -0.39 is 22.4 Å². The molecule has 3 rings (SSSR count). The Morgan fingerprint density at radius 1 is 1.27 bits per heavy atom. The second-order valence-electron chi connectivity index (χ2n) is 8.67. The minimum Gasteiger partial charge on any atom is -0.465 e. The van der Waals surface area contributed by atoms with E-state index in [9.17, 15) is 19.5 Å². The first kappa shape index (κ1) is 22.4. The Bertz CT molecular complexity index is 848. The highest BCUT2D eigenvalue weighted by Gasteiger charge is 2.56. The topological polar surface area (TPSA) is 107 Å². The molecule has 8 nitrogen and oxygen atoms in total. The minimum absolute atomic E-state index is 0.179. The van der Waals surface area contributed by atoms with Crippen molar-refractivity contribution in [1.82, 2.24) is 9.80 Å². The van der Waals surface area contributed by atoms with Crippen LogP contribution in [0.3, 0.4) is 0 Å². The normalized spacial score (nSPS) is 23.2. The number of nitrogens with two attached hydrogens (primary N) is 1. The molecule has 3 N–H and O–H groups in total. The summed E-state index contributed by atoms with van der Waals surface area (Å²) in [6, 6.07) is 7.33. The van der Waals surface area contributed by atoms with Crippen LogP contribution in [0.15, 0.2) is 29.2 Å². The molecule has 1 fully saturated rings. The number of hydrogen-bond donors (Lipinski definition) is 2. The number of piperidine rings is 1. The summed E-state index contributed by atoms with van der Waals surface area (Å²) in [6.07, 6.45) is 0.0974. The lowest BCUT2D eigenvalue weighted by atomic mass is 9.95. The number of primary amides is 1. The van der Waals surface area contributed by atoms with E-state index >= 15 is 0 Å². The van der Waals surface area contributed by atoms with Crippen LogP contribution in [0.4, 0.5) is 10.5 Å². The molecule has 0 spiro atoms. The molecule has 0 aliphatic carbocycles. The Labute approximate surface area is 181 Å². The fraction of sp³-hybridized carbons (Fsp3) is 0.571. The number of likely N-dealkylation sites (tertiary alicyclic amines) is 1. The standard InChI is InChI=1S/C21H30N4O4S/c1-5-24-15-8-6-7-9-16(15)30-21(17(22)26,18(24)27)23-12-10-14(11-13-23)25(19(28)29)20(2,3)4/h6-9,14H,5,10-13H2,1-4H3,(H2,22,26)(H,28,29). The Morgan fingerprint density at radius 2 is 1.87 bits per heavy atom. The number of carboxylic acid groups (broad SMARTS) is 1. The van der Waals surface area contributed by atoms with E-state index in [0.717, 1.165) is 10.6 Å². The summed E-state index contributed by atoms with van der Waals surface area (Å²) >= 11 is 1.20. The lowest BCUT2D eigenvalue weighted by Gasteiger charge is -2.49. The van der Waals surface area contributed by atoms with Gasteiger partial charge in [0.05, 0.1) is 5.69 Å². The highest BCUT2D eigenvalue weighted by atomic mass is 32.2. The van der Waals surface area contributed by atoms with Crippen molar-refractivity contribution in [1.29, 1.82) is 0 Å². The van der Waals surface area contributed by atoms with Crippen LogP contribution in [0.1, 0.15) is 40.5 Å². The van der Waals surface area contributed by atoms with Gasteiger partial charge in [-0.3, -0.25) is 14.5 Å². The van der Waals surface area contributed by atoms with Crippen molar-refractivity contribution >= 4 is 35.4 Å². The van der Waals surface area contributed by atoms with Crippen molar-refractivity contribution in [2.24, 2.45) is 5.73 Å². The molecule has 0 aromatic heterocycles. The number of benzene rings is 1. The highest BCUT2D eigenvalue weighted by molar-refractivity contribution is 8.02. The molecule has 30 heavy (non-hydrogen) atoms. The summed E-state index contributed by atoms with van der Waals surface area (Å²) in [5.41, 5.74) is 6.11. The molecule has 0 bridgehead atoms. The van der Waals surface area contributed by atoms with Crippen molar-refractivity contribution in [3.63, 3.8) is 0 Å². The predicted molar refractivity (Wildman–Crippen MR) is 116 cm³/mol. The third kappa shape index (κ3) is 3.65. The molecule has 3 amide bonds. The van der Waals surface area contributed by atoms with E-state index in [4.69, 9.17) is 5.73 Å². The third-order valence-corrected chi connectivity index (χ3v) is 7.30. The fourth-order valence-corrected chi connectivity index (χ4v) is 5.87. The van der Waals surface area contributed by atoms with Crippen LogP contribution in [0, 0.1) is 0 Å². The number of hydrogen-bond acceptors (Lipinski definition) is 5. The van der Waals surface area contributed by atoms with Crippen molar-refractivity contribution in [2.45, 2.75) is 61.9 Å². The van der Waals surface area contributed by atoms with Gasteiger partial charge in [0.1, 0.15) is 0 Å². The molecule has 0 radical (unpaired) electrons. The molecule has 164 valence electrons. The molecule has 1 saturated heterocycles. The minimum atomic E-state index is -1.52. The summed E-state index contributed by atoms with van der Waals surface area (Å²) in [5.74, 6) is -1.01. The van der Waals surface area contributed by atoms with Crippen molar-refractivity contribution in [2.75, 3.05) is 24.5 Å². The van der Waals surface area contributed by atoms with Gasteiger partial charge in [0.25, 0.3) is 11.8 Å². The van der Waals surface area contributed by atoms with E-state index in [1.165, 1.54) is 16.7 Å². The van der Waals surface area contributed by atoms with Crippen molar-refractivity contribution in [3.05, 3.63) is 24.3 Å². The van der Waals surface area contributed by atoms with Gasteiger partial charge in [-0.2, -0.15) is 0 Å². The van der Waals surface area contributed by atoms with Crippen LogP contribution in [0.5, 0.6) is 0 Å². The van der Waals surface area contributed by atoms with Gasteiger partial charge in [-0.1, -0.05) is 23.9 Å². The van der Waals surface area contributed by atoms with Crippen molar-refractivity contribution in [3.8, 4) is 0 Å². The summed E-state index contributed by atoms with van der Waals surface area (Å²) in [7, 11) is 0. The number of rotatable bonds is 4. The lowest BCUT2D eigenvalue weighted by Crippen LogP contribution is -2.68. The molecule has 2 heterocycles. The molecular formula is C21H30N4O4S. The fourth-order valence-electron chi connectivity index (χ4n) is 4.52. The monoisotopic (exact) mass is 434 g/mol. The number of carbonyl (C=O) groups excluding carboxylic acids is 2. The lowest BCUT2D eigenvalue weighted by molar-refractivity contribution is -0.137. The molecular weight excluding hydrogens is 404 g/mol. The van der Waals surface area contributed by atoms with Crippen LogP contribution < -0.4 is 10.6 Å². The second-order valence-corrected chi connectivity index (χ2v) is 9.90. The largest absolute Gasteiger partial charge is 0.465 e. The highest BCUT2D eigenvalue weighted by Crippen LogP contribution is 2.47. The molecule has 9 heteroatoms. The van der Waals surface area contributed by atoms with Gasteiger partial charge in [-0.05, 0) is 52.7 Å². The average Bonchev–Trinajstić information content (AvgIpc) is 2.66. The van der Waals surface area contributed by atoms with Crippen LogP contribution in [-0.2, 0) is 9.59 Å². The molecule has 1 atom stereocenters. The van der Waals surface area contributed by atoms with Crippen LogP contribution in [0.2, 0.25) is 0 Å². The first-order valence-electron chi connectivity index (χ1n) is 10.2. The number of para-hydroxylation sites is 1. The zero-order valence-electron chi connectivity index (χ0n) is 17.9. The Balaban J connectivity index is 1.91. The Kier molecular flexibility index (Phi) is 6.06. The number of carbonyl (C=O) groups is 3. The summed E-state index contributed by atoms with van der Waals surface area (Å²) in [5, 5.41) is 9.71. The Hall–Kier alpha value is -2.26. The maximum Gasteiger partial charge on any atom is 0.407 e. The zero-order chi connectivity index (χ0) is 22.3. The van der Waals surface area contributed by atoms with Gasteiger partial charge in [0, 0.05) is 36.1 Å². The van der Waals surface area contributed by atoms with Gasteiger partial charge >= 0.3 is 6.09 Å². The molecule has 2 aliphatic rings. The van der Waals surface area contributed by atoms with Gasteiger partial charge in [0.2, 0.25) is 4.87 Å². The zero-order valence-corrected chi connectivity index (χ0v) is 18.7. The quantitative estimate of drug-likeness (QED) is 0.706. The molecule has 1 unspecified atom stereocenters. The van der Waals surface area contributed by atoms with Gasteiger partial charge in [-0.25, -0.2) is 4.79 Å². The Morgan fingerprint density at radius 3 is 2.37 bits per heavy atom. The number of fused-ring (bicyclic) bond motifs is 1. The van der Waals surface area contributed by atoms with E-state index in [1.807, 2.05) is 56.9 Å². The molecule has 2 aliphatic heterocycles. The van der Waals surface area contributed by atoms with Gasteiger partial charge in [0.15, 0.2) is 0 Å². The van der Waals surface area contributed by atoms with E-state index in [0.29, 0.717) is 32.5 Å². The first-order valence-corrected chi connectivity index (χ1v) is 11.0. The first-order chi connectivity index (χ1) is 14.0. The number of nitrogens with zero attached hydrogens (tertiary/aromatic N) is 3. The smallest absolute Gasteiger partial charge is 0.407 e. The third-order valence-electron chi connectivity index (χ3n) is 5.80. The second kappa shape index (κ2) is 8.11. The summed E-state index contributed by atoms with van der Waals surface area (Å²) in [4.78, 5) is 42.4. The average molecular weight is 435 g/mol. The number of thioether (sulfide) groups is 1. The summed E-state index contributed by atoms with van der Waals surface area (Å²) < 4.78 is 0. The molecule has 1 aromatic carbocycles. The SMILES string of the molecule is CCN1C(=O)C(C(N)=O)(N2CCC(N(C(=O)O)C(C)(C)C)CC2)Sc2ccccc21. The van der Waals surface area contributed by atoms with Crippen LogP contribution in [-0.4, -0.2) is 68.9 Å². The van der Waals surface area contributed by atoms with E-state index in [-0.39, 0.29) is 11.9 Å². The predicted octanol–water partition coefficient (Wildman–Crippen LogP) is 2.57. The molecule has 1 aromatic rings. The summed E-state index contributed by atoms with van der Waals surface area (Å²) in [6.45, 7) is 8.73.